The van der Waals surface area contributed by atoms with Gasteiger partial charge in [0.25, 0.3) is 0 Å². The van der Waals surface area contributed by atoms with E-state index < -0.39 is 52.3 Å². The Morgan fingerprint density at radius 2 is 1.81 bits per heavy atom. The second kappa shape index (κ2) is 14.3. The van der Waals surface area contributed by atoms with Crippen LogP contribution in [-0.2, 0) is 9.47 Å². The van der Waals surface area contributed by atoms with Crippen molar-refractivity contribution in [3.63, 3.8) is 0 Å². The number of amides is 2. The molecule has 3 atom stereocenters. The molecule has 12 nitrogen and oxygen atoms in total. The van der Waals surface area contributed by atoms with Gasteiger partial charge in [-0.3, -0.25) is 10.2 Å². The lowest BCUT2D eigenvalue weighted by molar-refractivity contribution is -0.0363. The fourth-order valence-corrected chi connectivity index (χ4v) is 10.3. The summed E-state index contributed by atoms with van der Waals surface area (Å²) in [6, 6.07) is 5.97. The zero-order chi connectivity index (χ0) is 41.5. The summed E-state index contributed by atoms with van der Waals surface area (Å²) in [7, 11) is 0. The third kappa shape index (κ3) is 7.12. The SMILES string of the molecule is CC(C)(C)OC(=O)Nc1sc2c(F)ccc(-c3c(Cl)cc4c(N5CCC6(CCN6C(=O)OC(C)(C)C)C5)nc(OC[C@@]56CCCN5C[C@H](F)C6)nc4c3F)c2c1C#N. The van der Waals surface area contributed by atoms with Crippen LogP contribution >= 0.6 is 22.9 Å². The van der Waals surface area contributed by atoms with Gasteiger partial charge in [0, 0.05) is 48.9 Å². The number of fused-ring (bicyclic) bond motifs is 3. The first kappa shape index (κ1) is 40.2. The zero-order valence-electron chi connectivity index (χ0n) is 33.2. The summed E-state index contributed by atoms with van der Waals surface area (Å²) in [6.07, 6.45) is 1.06. The topological polar surface area (TPSA) is 133 Å². The first-order valence-corrected chi connectivity index (χ1v) is 20.6. The van der Waals surface area contributed by atoms with Crippen molar-refractivity contribution >= 4 is 66.9 Å². The number of aromatic nitrogens is 2. The lowest BCUT2D eigenvalue weighted by Crippen LogP contribution is -2.64. The number of thiophene rings is 1. The van der Waals surface area contributed by atoms with Crippen LogP contribution in [0.15, 0.2) is 18.2 Å². The minimum absolute atomic E-state index is 0.00332. The summed E-state index contributed by atoms with van der Waals surface area (Å²) >= 11 is 7.80. The van der Waals surface area contributed by atoms with Crippen LogP contribution in [0.5, 0.6) is 6.01 Å². The van der Waals surface area contributed by atoms with Gasteiger partial charge in [0.1, 0.15) is 52.2 Å². The Hall–Kier alpha value is -4.59. The molecule has 6 heterocycles. The van der Waals surface area contributed by atoms with Gasteiger partial charge in [-0.15, -0.1) is 11.3 Å². The molecule has 4 fully saturated rings. The Morgan fingerprint density at radius 3 is 2.50 bits per heavy atom. The summed E-state index contributed by atoms with van der Waals surface area (Å²) in [5.41, 5.74) is -2.83. The monoisotopic (exact) mass is 839 g/mol. The van der Waals surface area contributed by atoms with Gasteiger partial charge >= 0.3 is 18.2 Å². The van der Waals surface area contributed by atoms with E-state index in [9.17, 15) is 19.2 Å². The molecule has 4 aliphatic rings. The molecule has 4 aliphatic heterocycles. The molecular weight excluding hydrogens is 795 g/mol. The fraction of sp³-hybridized carbons (Fsp3) is 0.537. The first-order chi connectivity index (χ1) is 27.3. The van der Waals surface area contributed by atoms with E-state index in [4.69, 9.17) is 30.8 Å². The van der Waals surface area contributed by atoms with Crippen molar-refractivity contribution in [3.8, 4) is 23.2 Å². The normalized spacial score (nSPS) is 23.4. The second-order valence-electron chi connectivity index (χ2n) is 17.8. The minimum Gasteiger partial charge on any atom is -0.461 e. The Bertz CT molecular complexity index is 2400. The highest BCUT2D eigenvalue weighted by atomic mass is 35.5. The summed E-state index contributed by atoms with van der Waals surface area (Å²) in [5.74, 6) is -1.20. The van der Waals surface area contributed by atoms with Gasteiger partial charge in [-0.2, -0.15) is 15.2 Å². The van der Waals surface area contributed by atoms with Crippen LogP contribution in [0.4, 0.5) is 33.6 Å². The maximum atomic E-state index is 17.5. The average molecular weight is 840 g/mol. The lowest BCUT2D eigenvalue weighted by atomic mass is 9.84. The number of nitrogens with zero attached hydrogens (tertiary/aromatic N) is 6. The Balaban J connectivity index is 1.23. The van der Waals surface area contributed by atoms with Gasteiger partial charge in [0.05, 0.1) is 26.4 Å². The number of likely N-dealkylation sites (tertiary alicyclic amines) is 1. The van der Waals surface area contributed by atoms with Gasteiger partial charge in [-0.1, -0.05) is 17.7 Å². The minimum atomic E-state index is -0.988. The van der Waals surface area contributed by atoms with Gasteiger partial charge in [0.15, 0.2) is 5.82 Å². The molecule has 2 aromatic carbocycles. The number of ether oxygens (including phenoxy) is 3. The number of rotatable bonds is 6. The maximum Gasteiger partial charge on any atom is 0.412 e. The van der Waals surface area contributed by atoms with Crippen LogP contribution in [0.2, 0.25) is 5.02 Å². The third-order valence-corrected chi connectivity index (χ3v) is 12.9. The van der Waals surface area contributed by atoms with E-state index in [0.717, 1.165) is 43.2 Å². The van der Waals surface area contributed by atoms with Gasteiger partial charge in [-0.25, -0.2) is 22.8 Å². The van der Waals surface area contributed by atoms with E-state index in [2.05, 4.69) is 21.3 Å². The van der Waals surface area contributed by atoms with Crippen LogP contribution in [0.3, 0.4) is 0 Å². The molecule has 1 unspecified atom stereocenters. The molecule has 4 saturated heterocycles. The molecule has 308 valence electrons. The third-order valence-electron chi connectivity index (χ3n) is 11.5. The number of hydrogen-bond acceptors (Lipinski definition) is 11. The van der Waals surface area contributed by atoms with E-state index in [-0.39, 0.29) is 60.3 Å². The Morgan fingerprint density at radius 1 is 1.07 bits per heavy atom. The molecule has 58 heavy (non-hydrogen) atoms. The highest BCUT2D eigenvalue weighted by Crippen LogP contribution is 2.48. The Kier molecular flexibility index (Phi) is 9.91. The molecular formula is C41H45ClF3N7O5S. The number of hydrogen-bond donors (Lipinski definition) is 1. The van der Waals surface area contributed by atoms with Crippen LogP contribution in [0.25, 0.3) is 32.1 Å². The van der Waals surface area contributed by atoms with Crippen molar-refractivity contribution in [1.82, 2.24) is 19.8 Å². The number of anilines is 2. The molecule has 1 N–H and O–H groups in total. The number of halogens is 4. The van der Waals surface area contributed by atoms with Crippen molar-refractivity contribution in [3.05, 3.63) is 40.4 Å². The first-order valence-electron chi connectivity index (χ1n) is 19.4. The fourth-order valence-electron chi connectivity index (χ4n) is 8.93. The molecule has 8 rings (SSSR count). The molecule has 0 saturated carbocycles. The maximum absolute atomic E-state index is 17.5. The van der Waals surface area contributed by atoms with Crippen LogP contribution in [0.1, 0.15) is 79.2 Å². The van der Waals surface area contributed by atoms with E-state index in [1.54, 1.807) is 31.7 Å². The van der Waals surface area contributed by atoms with E-state index in [1.807, 2.05) is 25.7 Å². The molecule has 2 amide bonds. The highest BCUT2D eigenvalue weighted by molar-refractivity contribution is 7.23. The highest BCUT2D eigenvalue weighted by Gasteiger charge is 2.53. The standard InChI is InChI=1S/C41H45ClF3N7O5S/c1-38(2,3)56-36(53)49-34-25(18-46)28-23(8-9-27(44)32(28)58-34)29-26(42)16-24-31(30(29)45)47-35(55-21-41-10-7-13-51(41)19-22(43)17-41)48-33(24)50-14-11-40(20-50)12-15-52(40)37(54)57-39(4,5)6/h8-9,16,22H,7,10-15,17,19-21H2,1-6H3,(H,49,53)/t22-,40?,41+/m1/s1. The van der Waals surface area contributed by atoms with E-state index in [0.29, 0.717) is 44.8 Å². The molecule has 0 radical (unpaired) electrons. The number of carbonyl (C=O) groups excluding carboxylic acids is 2. The summed E-state index contributed by atoms with van der Waals surface area (Å²) in [5, 5.41) is 13.2. The largest absolute Gasteiger partial charge is 0.461 e. The van der Waals surface area contributed by atoms with E-state index >= 15 is 8.78 Å². The number of nitrogens with one attached hydrogen (secondary N) is 1. The van der Waals surface area contributed by atoms with Gasteiger partial charge < -0.3 is 24.0 Å². The van der Waals surface area contributed by atoms with Gasteiger partial charge in [-0.05, 0) is 91.5 Å². The van der Waals surface area contributed by atoms with E-state index in [1.165, 1.54) is 6.07 Å². The zero-order valence-corrected chi connectivity index (χ0v) is 34.8. The lowest BCUT2D eigenvalue weighted by Gasteiger charge is -2.50. The summed E-state index contributed by atoms with van der Waals surface area (Å²) in [4.78, 5) is 41.2. The van der Waals surface area contributed by atoms with Crippen LogP contribution in [0, 0.1) is 23.0 Å². The van der Waals surface area contributed by atoms with Crippen LogP contribution < -0.4 is 15.0 Å². The molecule has 2 aromatic heterocycles. The van der Waals surface area contributed by atoms with Gasteiger partial charge in [0.2, 0.25) is 0 Å². The quantitative estimate of drug-likeness (QED) is 0.200. The number of benzene rings is 2. The van der Waals surface area contributed by atoms with Crippen molar-refractivity contribution in [2.75, 3.05) is 49.5 Å². The van der Waals surface area contributed by atoms with Crippen LogP contribution in [-0.4, -0.2) is 99.7 Å². The molecule has 4 aromatic rings. The van der Waals surface area contributed by atoms with Crippen molar-refractivity contribution in [1.29, 1.82) is 5.26 Å². The van der Waals surface area contributed by atoms with Crippen molar-refractivity contribution in [2.24, 2.45) is 0 Å². The number of alkyl halides is 1. The number of carbonyl (C=O) groups is 2. The van der Waals surface area contributed by atoms with Crippen molar-refractivity contribution in [2.45, 2.75) is 102 Å². The smallest absolute Gasteiger partial charge is 0.412 e. The Labute approximate surface area is 343 Å². The molecule has 0 aliphatic carbocycles. The molecule has 0 bridgehead atoms. The molecule has 1 spiro atoms. The summed E-state index contributed by atoms with van der Waals surface area (Å²) < 4.78 is 65.0. The predicted molar refractivity (Wildman–Crippen MR) is 216 cm³/mol. The predicted octanol–water partition coefficient (Wildman–Crippen LogP) is 9.21. The second-order valence-corrected chi connectivity index (χ2v) is 19.2. The van der Waals surface area contributed by atoms with Crippen molar-refractivity contribution < 1.29 is 37.0 Å². The average Bonchev–Trinajstić information content (AvgIpc) is 3.88. The molecule has 17 heteroatoms. The number of nitriles is 1. The summed E-state index contributed by atoms with van der Waals surface area (Å²) in [6.45, 7) is 13.1.